The molecule has 3 heterocycles. The van der Waals surface area contributed by atoms with Gasteiger partial charge >= 0.3 is 5.97 Å². The van der Waals surface area contributed by atoms with Crippen LogP contribution in [0.25, 0.3) is 10.9 Å². The zero-order valence-corrected chi connectivity index (χ0v) is 31.3. The minimum absolute atomic E-state index is 0.0199. The van der Waals surface area contributed by atoms with Gasteiger partial charge in [-0.2, -0.15) is 0 Å². The summed E-state index contributed by atoms with van der Waals surface area (Å²) in [6.07, 6.45) is 6.32. The van der Waals surface area contributed by atoms with Crippen molar-refractivity contribution in [1.29, 1.82) is 0 Å². The first-order valence-electron chi connectivity index (χ1n) is 18.8. The van der Waals surface area contributed by atoms with Crippen molar-refractivity contribution in [3.63, 3.8) is 0 Å². The van der Waals surface area contributed by atoms with Crippen LogP contribution < -0.4 is 25.0 Å². The second-order valence-corrected chi connectivity index (χ2v) is 15.5. The van der Waals surface area contributed by atoms with Crippen molar-refractivity contribution >= 4 is 45.7 Å². The van der Waals surface area contributed by atoms with E-state index in [0.29, 0.717) is 41.8 Å². The predicted molar refractivity (Wildman–Crippen MR) is 206 cm³/mol. The first-order valence-corrected chi connectivity index (χ1v) is 18.8. The molecule has 0 bridgehead atoms. The van der Waals surface area contributed by atoms with Crippen LogP contribution >= 0.6 is 0 Å². The molecular weight excluding hydrogens is 689 g/mol. The third-order valence-electron chi connectivity index (χ3n) is 10.7. The highest BCUT2D eigenvalue weighted by Gasteiger charge is 2.56. The Hall–Kier alpha value is -5.23. The van der Waals surface area contributed by atoms with E-state index in [1.54, 1.807) is 37.6 Å². The van der Waals surface area contributed by atoms with E-state index in [1.807, 2.05) is 32.9 Å². The van der Waals surface area contributed by atoms with Crippen molar-refractivity contribution in [3.05, 3.63) is 78.7 Å². The SMILES string of the molecule is COc1cc2c(Oc3ccc(NC(=O)C4(C(=O)Nc5ccc(F)cc5)CC4)cc3)ccnc2cc1N1CCC(N2CCC(C(=O)OC(C)(C)C)CC2)CC1. The summed E-state index contributed by atoms with van der Waals surface area (Å²) in [5, 5.41) is 6.39. The lowest BCUT2D eigenvalue weighted by molar-refractivity contribution is -0.161. The van der Waals surface area contributed by atoms with Crippen LogP contribution in [-0.4, -0.2) is 72.6 Å². The molecule has 0 atom stereocenters. The minimum atomic E-state index is -1.16. The average molecular weight is 738 g/mol. The van der Waals surface area contributed by atoms with Gasteiger partial charge in [0.05, 0.1) is 24.2 Å². The van der Waals surface area contributed by atoms with Crippen LogP contribution in [0.3, 0.4) is 0 Å². The molecule has 3 aliphatic rings. The molecule has 0 radical (unpaired) electrons. The molecule has 0 unspecified atom stereocenters. The molecule has 1 aliphatic carbocycles. The number of nitrogens with zero attached hydrogens (tertiary/aromatic N) is 3. The number of likely N-dealkylation sites (tertiary alicyclic amines) is 1. The molecule has 1 aromatic heterocycles. The number of anilines is 3. The Labute approximate surface area is 315 Å². The highest BCUT2D eigenvalue weighted by molar-refractivity contribution is 6.16. The number of esters is 1. The number of piperidine rings is 2. The second-order valence-electron chi connectivity index (χ2n) is 15.5. The summed E-state index contributed by atoms with van der Waals surface area (Å²) < 4.78 is 31.1. The topological polar surface area (TPSA) is 122 Å². The Morgan fingerprint density at radius 1 is 0.815 bits per heavy atom. The number of carbonyl (C=O) groups excluding carboxylic acids is 3. The molecule has 2 aliphatic heterocycles. The van der Waals surface area contributed by atoms with Crippen molar-refractivity contribution in [2.24, 2.45) is 11.3 Å². The normalized spacial score (nSPS) is 17.8. The van der Waals surface area contributed by atoms with E-state index in [4.69, 9.17) is 14.2 Å². The molecule has 3 aromatic carbocycles. The number of ether oxygens (including phenoxy) is 3. The zero-order valence-electron chi connectivity index (χ0n) is 31.3. The number of rotatable bonds is 10. The van der Waals surface area contributed by atoms with Crippen LogP contribution in [0.5, 0.6) is 17.2 Å². The summed E-state index contributed by atoms with van der Waals surface area (Å²) in [6.45, 7) is 9.36. The maximum Gasteiger partial charge on any atom is 0.309 e. The van der Waals surface area contributed by atoms with Crippen LogP contribution in [0, 0.1) is 17.2 Å². The van der Waals surface area contributed by atoms with Gasteiger partial charge in [0.15, 0.2) is 0 Å². The fraction of sp³-hybridized carbons (Fsp3) is 0.429. The van der Waals surface area contributed by atoms with E-state index < -0.39 is 22.7 Å². The molecule has 12 heteroatoms. The summed E-state index contributed by atoms with van der Waals surface area (Å²) in [7, 11) is 1.67. The number of fused-ring (bicyclic) bond motifs is 1. The van der Waals surface area contributed by atoms with E-state index in [9.17, 15) is 18.8 Å². The summed E-state index contributed by atoms with van der Waals surface area (Å²) in [6, 6.07) is 18.8. The van der Waals surface area contributed by atoms with Crippen LogP contribution in [0.15, 0.2) is 72.9 Å². The van der Waals surface area contributed by atoms with Gasteiger partial charge in [0.2, 0.25) is 11.8 Å². The molecule has 11 nitrogen and oxygen atoms in total. The Morgan fingerprint density at radius 2 is 1.43 bits per heavy atom. The van der Waals surface area contributed by atoms with Crippen molar-refractivity contribution < 1.29 is 33.0 Å². The van der Waals surface area contributed by atoms with Gasteiger partial charge in [0, 0.05) is 42.1 Å². The molecule has 0 spiro atoms. The van der Waals surface area contributed by atoms with Crippen molar-refractivity contribution in [2.75, 3.05) is 48.8 Å². The van der Waals surface area contributed by atoms with Gasteiger partial charge in [-0.15, -0.1) is 0 Å². The Bertz CT molecular complexity index is 1990. The number of carbonyl (C=O) groups is 3. The van der Waals surface area contributed by atoms with Crippen LogP contribution in [0.1, 0.15) is 59.3 Å². The minimum Gasteiger partial charge on any atom is -0.495 e. The average Bonchev–Trinajstić information content (AvgIpc) is 3.98. The molecule has 2 amide bonds. The summed E-state index contributed by atoms with van der Waals surface area (Å²) in [5.41, 5.74) is 1.14. The molecule has 284 valence electrons. The van der Waals surface area contributed by atoms with Gasteiger partial charge in [-0.3, -0.25) is 19.4 Å². The molecule has 7 rings (SSSR count). The quantitative estimate of drug-likeness (QED) is 0.126. The predicted octanol–water partition coefficient (Wildman–Crippen LogP) is 7.55. The zero-order chi connectivity index (χ0) is 38.0. The van der Waals surface area contributed by atoms with Crippen LogP contribution in [0.4, 0.5) is 21.5 Å². The smallest absolute Gasteiger partial charge is 0.309 e. The van der Waals surface area contributed by atoms with Gasteiger partial charge in [-0.25, -0.2) is 4.39 Å². The molecule has 2 saturated heterocycles. The Balaban J connectivity index is 0.955. The fourth-order valence-electron chi connectivity index (χ4n) is 7.44. The van der Waals surface area contributed by atoms with E-state index in [-0.39, 0.29) is 17.8 Å². The standard InChI is InChI=1S/C42H48FN5O6/c1-41(2,3)54-38(49)27-14-21-47(22-15-27)31-16-23-48(24-17-31)35-26-34-33(25-37(35)52-4)36(13-20-44-34)53-32-11-9-30(10-12-32)46-40(51)42(18-19-42)39(50)45-29-7-5-28(43)6-8-29/h5-13,20,25-27,31H,14-19,21-24H2,1-4H3,(H,45,50)(H,46,51). The number of hydrogen-bond acceptors (Lipinski definition) is 9. The van der Waals surface area contributed by atoms with E-state index in [2.05, 4.69) is 31.5 Å². The lowest BCUT2D eigenvalue weighted by atomic mass is 9.93. The largest absolute Gasteiger partial charge is 0.495 e. The lowest BCUT2D eigenvalue weighted by Gasteiger charge is -2.42. The van der Waals surface area contributed by atoms with E-state index in [1.165, 1.54) is 24.3 Å². The van der Waals surface area contributed by atoms with Crippen molar-refractivity contribution in [2.45, 2.75) is 70.9 Å². The molecule has 3 fully saturated rings. The number of methoxy groups -OCH3 is 1. The third kappa shape index (κ3) is 8.28. The maximum atomic E-state index is 13.3. The van der Waals surface area contributed by atoms with Crippen LogP contribution in [-0.2, 0) is 19.1 Å². The number of aromatic nitrogens is 1. The first-order chi connectivity index (χ1) is 25.9. The monoisotopic (exact) mass is 737 g/mol. The highest BCUT2D eigenvalue weighted by Crippen LogP contribution is 2.48. The van der Waals surface area contributed by atoms with Gasteiger partial charge < -0.3 is 34.6 Å². The number of amides is 2. The van der Waals surface area contributed by atoms with E-state index >= 15 is 0 Å². The molecule has 4 aromatic rings. The summed E-state index contributed by atoms with van der Waals surface area (Å²) in [4.78, 5) is 48.3. The second kappa shape index (κ2) is 15.3. The lowest BCUT2D eigenvalue weighted by Crippen LogP contribution is -2.48. The van der Waals surface area contributed by atoms with E-state index in [0.717, 1.165) is 74.2 Å². The summed E-state index contributed by atoms with van der Waals surface area (Å²) in [5.74, 6) is 0.634. The van der Waals surface area contributed by atoms with Gasteiger partial charge in [0.1, 0.15) is 34.1 Å². The molecular formula is C42H48FN5O6. The van der Waals surface area contributed by atoms with Gasteiger partial charge in [-0.05, 0) is 139 Å². The number of halogens is 1. The first kappa shape index (κ1) is 37.1. The third-order valence-corrected chi connectivity index (χ3v) is 10.7. The number of benzene rings is 3. The fourth-order valence-corrected chi connectivity index (χ4v) is 7.44. The van der Waals surface area contributed by atoms with Gasteiger partial charge in [0.25, 0.3) is 0 Å². The number of nitrogens with one attached hydrogen (secondary N) is 2. The van der Waals surface area contributed by atoms with Crippen LogP contribution in [0.2, 0.25) is 0 Å². The summed E-state index contributed by atoms with van der Waals surface area (Å²) >= 11 is 0. The molecule has 2 N–H and O–H groups in total. The maximum absolute atomic E-state index is 13.3. The Kier molecular flexibility index (Phi) is 10.5. The molecule has 1 saturated carbocycles. The van der Waals surface area contributed by atoms with Crippen molar-refractivity contribution in [3.8, 4) is 17.2 Å². The van der Waals surface area contributed by atoms with Gasteiger partial charge in [-0.1, -0.05) is 0 Å². The molecule has 54 heavy (non-hydrogen) atoms. The highest BCUT2D eigenvalue weighted by atomic mass is 19.1. The van der Waals surface area contributed by atoms with Crippen molar-refractivity contribution in [1.82, 2.24) is 9.88 Å². The number of hydrogen-bond donors (Lipinski definition) is 2. The Morgan fingerprint density at radius 3 is 2.00 bits per heavy atom. The number of pyridine rings is 1.